The minimum absolute atomic E-state index is 1.09. The average Bonchev–Trinajstić information content (AvgIpc) is 4.03. The number of aromatic nitrogens is 1. The maximum Gasteiger partial charge on any atom is 0.0555 e. The molecule has 342 valence electrons. The molecule has 2 aromatic heterocycles. The molecule has 12 aromatic carbocycles. The molecule has 0 N–H and O–H groups in total. The molecule has 0 aliphatic heterocycles. The average molecular weight is 947 g/mol. The SMILES string of the molecule is c1ccc(-c2ccc(N(c3ccc(-c4ccc(-c5cccc6ccccc56)cc4)cc3)c3ccc(-c4ccccc4-c4cccc5c4c4ccccc4n5-c4ccccc4)cc3)c3c2sc2ccccc23)cc1. The topological polar surface area (TPSA) is 8.17 Å². The van der Waals surface area contributed by atoms with E-state index in [9.17, 15) is 0 Å². The van der Waals surface area contributed by atoms with E-state index < -0.39 is 0 Å². The number of benzene rings is 12. The molecule has 0 spiro atoms. The lowest BCUT2D eigenvalue weighted by molar-refractivity contribution is 1.18. The lowest BCUT2D eigenvalue weighted by Crippen LogP contribution is -2.10. The highest BCUT2D eigenvalue weighted by atomic mass is 32.1. The van der Waals surface area contributed by atoms with Crippen molar-refractivity contribution in [3.05, 3.63) is 279 Å². The standard InChI is InChI=1S/C70H46N2S/c1-3-17-50(18-4-1)59-45-46-66(69-63-27-12-14-32-67(63)73-70(59)69)71(54-41-37-48(38-42-54)47-33-35-51(36-34-47)57-28-15-20-49-19-7-8-23-56(49)57)55-43-39-52(40-44-55)58-24-9-10-25-60(58)61-29-16-31-65-68(61)62-26-11-13-30-64(62)72(65)53-21-5-2-6-22-53/h1-46H. The molecule has 0 radical (unpaired) electrons. The Balaban J connectivity index is 0.895. The van der Waals surface area contributed by atoms with Gasteiger partial charge < -0.3 is 9.47 Å². The number of para-hydroxylation sites is 2. The molecule has 0 amide bonds. The van der Waals surface area contributed by atoms with Gasteiger partial charge in [0.05, 0.1) is 16.7 Å². The molecule has 73 heavy (non-hydrogen) atoms. The van der Waals surface area contributed by atoms with Crippen LogP contribution in [-0.4, -0.2) is 4.57 Å². The maximum atomic E-state index is 2.46. The zero-order valence-corrected chi connectivity index (χ0v) is 40.7. The van der Waals surface area contributed by atoms with Crippen LogP contribution in [0.2, 0.25) is 0 Å². The molecule has 0 aliphatic carbocycles. The number of nitrogens with zero attached hydrogens (tertiary/aromatic N) is 2. The van der Waals surface area contributed by atoms with Crippen molar-refractivity contribution in [3.63, 3.8) is 0 Å². The second-order valence-electron chi connectivity index (χ2n) is 18.8. The van der Waals surface area contributed by atoms with E-state index in [1.54, 1.807) is 0 Å². The van der Waals surface area contributed by atoms with Crippen LogP contribution in [0.5, 0.6) is 0 Å². The van der Waals surface area contributed by atoms with Gasteiger partial charge >= 0.3 is 0 Å². The van der Waals surface area contributed by atoms with Crippen LogP contribution in [0.15, 0.2) is 279 Å². The third-order valence-electron chi connectivity index (χ3n) is 14.6. The fourth-order valence-electron chi connectivity index (χ4n) is 11.3. The molecule has 14 aromatic rings. The van der Waals surface area contributed by atoms with Gasteiger partial charge in [-0.3, -0.25) is 0 Å². The largest absolute Gasteiger partial charge is 0.310 e. The molecule has 3 heteroatoms. The maximum absolute atomic E-state index is 2.46. The summed E-state index contributed by atoms with van der Waals surface area (Å²) in [4.78, 5) is 2.46. The molecule has 0 bridgehead atoms. The smallest absolute Gasteiger partial charge is 0.0555 e. The van der Waals surface area contributed by atoms with Gasteiger partial charge in [-0.2, -0.15) is 0 Å². The van der Waals surface area contributed by atoms with Gasteiger partial charge in [-0.25, -0.2) is 0 Å². The minimum Gasteiger partial charge on any atom is -0.310 e. The van der Waals surface area contributed by atoms with Crippen LogP contribution >= 0.6 is 11.3 Å². The zero-order valence-electron chi connectivity index (χ0n) is 39.9. The summed E-state index contributed by atoms with van der Waals surface area (Å²) in [5.41, 5.74) is 18.9. The molecular weight excluding hydrogens is 901 g/mol. The summed E-state index contributed by atoms with van der Waals surface area (Å²) in [6, 6.07) is 102. The third kappa shape index (κ3) is 7.32. The highest BCUT2D eigenvalue weighted by Crippen LogP contribution is 2.49. The highest BCUT2D eigenvalue weighted by molar-refractivity contribution is 7.26. The van der Waals surface area contributed by atoms with Gasteiger partial charge in [0, 0.05) is 48.0 Å². The number of anilines is 3. The molecule has 0 unspecified atom stereocenters. The second-order valence-corrected chi connectivity index (χ2v) is 19.8. The number of fused-ring (bicyclic) bond motifs is 7. The van der Waals surface area contributed by atoms with E-state index in [4.69, 9.17) is 0 Å². The van der Waals surface area contributed by atoms with Gasteiger partial charge in [0.1, 0.15) is 0 Å². The van der Waals surface area contributed by atoms with Crippen molar-refractivity contribution < 1.29 is 0 Å². The predicted molar refractivity (Wildman–Crippen MR) is 313 cm³/mol. The van der Waals surface area contributed by atoms with Gasteiger partial charge in [0.2, 0.25) is 0 Å². The highest BCUT2D eigenvalue weighted by Gasteiger charge is 2.23. The van der Waals surface area contributed by atoms with Crippen molar-refractivity contribution in [1.29, 1.82) is 0 Å². The number of hydrogen-bond acceptors (Lipinski definition) is 2. The Morgan fingerprint density at radius 3 is 1.56 bits per heavy atom. The van der Waals surface area contributed by atoms with Crippen molar-refractivity contribution in [1.82, 2.24) is 4.57 Å². The van der Waals surface area contributed by atoms with E-state index >= 15 is 0 Å². The van der Waals surface area contributed by atoms with Crippen molar-refractivity contribution >= 4 is 81.1 Å². The van der Waals surface area contributed by atoms with Crippen LogP contribution in [0.3, 0.4) is 0 Å². The molecule has 2 heterocycles. The lowest BCUT2D eigenvalue weighted by Gasteiger charge is -2.27. The normalized spacial score (nSPS) is 11.6. The lowest BCUT2D eigenvalue weighted by atomic mass is 9.92. The second kappa shape index (κ2) is 17.8. The summed E-state index contributed by atoms with van der Waals surface area (Å²) < 4.78 is 4.96. The minimum atomic E-state index is 1.09. The first-order valence-electron chi connectivity index (χ1n) is 25.0. The van der Waals surface area contributed by atoms with Gasteiger partial charge in [-0.1, -0.05) is 218 Å². The van der Waals surface area contributed by atoms with Gasteiger partial charge in [-0.05, 0) is 127 Å². The van der Waals surface area contributed by atoms with E-state index in [0.717, 1.165) is 28.3 Å². The first-order chi connectivity index (χ1) is 36.2. The molecule has 2 nitrogen and oxygen atoms in total. The Labute approximate surface area is 428 Å². The van der Waals surface area contributed by atoms with Gasteiger partial charge in [0.15, 0.2) is 0 Å². The van der Waals surface area contributed by atoms with Crippen LogP contribution in [0.4, 0.5) is 17.1 Å². The van der Waals surface area contributed by atoms with Gasteiger partial charge in [0.25, 0.3) is 0 Å². The summed E-state index contributed by atoms with van der Waals surface area (Å²) in [7, 11) is 0. The van der Waals surface area contributed by atoms with E-state index in [-0.39, 0.29) is 0 Å². The zero-order chi connectivity index (χ0) is 48.2. The summed E-state index contributed by atoms with van der Waals surface area (Å²) in [6.07, 6.45) is 0. The van der Waals surface area contributed by atoms with E-state index in [0.29, 0.717) is 0 Å². The summed E-state index contributed by atoms with van der Waals surface area (Å²) in [6.45, 7) is 0. The van der Waals surface area contributed by atoms with Crippen molar-refractivity contribution in [2.75, 3.05) is 4.90 Å². The van der Waals surface area contributed by atoms with Crippen molar-refractivity contribution in [3.8, 4) is 61.3 Å². The Hall–Kier alpha value is -9.28. The summed E-state index contributed by atoms with van der Waals surface area (Å²) in [5, 5.41) is 7.54. The van der Waals surface area contributed by atoms with E-state index in [1.165, 1.54) is 103 Å². The van der Waals surface area contributed by atoms with Crippen LogP contribution < -0.4 is 4.90 Å². The fraction of sp³-hybridized carbons (Fsp3) is 0. The Bertz CT molecular complexity index is 4330. The molecule has 0 aliphatic rings. The summed E-state index contributed by atoms with van der Waals surface area (Å²) in [5.74, 6) is 0. The number of hydrogen-bond donors (Lipinski definition) is 0. The van der Waals surface area contributed by atoms with E-state index in [2.05, 4.69) is 289 Å². The van der Waals surface area contributed by atoms with Crippen LogP contribution in [-0.2, 0) is 0 Å². The Morgan fingerprint density at radius 2 is 0.795 bits per heavy atom. The number of thiophene rings is 1. The molecule has 0 saturated heterocycles. The van der Waals surface area contributed by atoms with Crippen LogP contribution in [0.25, 0.3) is 114 Å². The Kier molecular flexibility index (Phi) is 10.4. The monoisotopic (exact) mass is 946 g/mol. The molecule has 0 fully saturated rings. The fourth-order valence-corrected chi connectivity index (χ4v) is 12.5. The summed E-state index contributed by atoms with van der Waals surface area (Å²) >= 11 is 1.88. The molecule has 14 rings (SSSR count). The van der Waals surface area contributed by atoms with Gasteiger partial charge in [-0.15, -0.1) is 11.3 Å². The van der Waals surface area contributed by atoms with E-state index in [1.807, 2.05) is 11.3 Å². The first-order valence-corrected chi connectivity index (χ1v) is 25.8. The van der Waals surface area contributed by atoms with Crippen LogP contribution in [0, 0.1) is 0 Å². The third-order valence-corrected chi connectivity index (χ3v) is 15.8. The Morgan fingerprint density at radius 1 is 0.288 bits per heavy atom. The first kappa shape index (κ1) is 42.6. The van der Waals surface area contributed by atoms with Crippen LogP contribution in [0.1, 0.15) is 0 Å². The van der Waals surface area contributed by atoms with Crippen molar-refractivity contribution in [2.45, 2.75) is 0 Å². The predicted octanol–water partition coefficient (Wildman–Crippen LogP) is 20.1. The molecular formula is C70H46N2S. The van der Waals surface area contributed by atoms with Crippen molar-refractivity contribution in [2.24, 2.45) is 0 Å². The number of rotatable bonds is 9. The molecule has 0 atom stereocenters. The molecule has 0 saturated carbocycles. The quantitative estimate of drug-likeness (QED) is 0.140.